The number of nitrogens with zero attached hydrogens (tertiary/aromatic N) is 1. The standard InChI is InChI=1S/C27H34N2O2S2/c1-33(2,31)25-18-24(12-11-20-7-4-3-5-8-20)32-26(25)27(30)29-15-13-22(14-16-29)23-10-6-9-21(17-23)19-28/h3-10,17-18,22,33H,11-16,19,28H2,1-2H3. The zero-order valence-electron chi connectivity index (χ0n) is 19.5. The van der Waals surface area contributed by atoms with E-state index in [0.29, 0.717) is 17.3 Å². The van der Waals surface area contributed by atoms with Crippen molar-refractivity contribution in [2.45, 2.75) is 43.0 Å². The first-order chi connectivity index (χ1) is 15.8. The van der Waals surface area contributed by atoms with Crippen molar-refractivity contribution in [1.29, 1.82) is 0 Å². The summed E-state index contributed by atoms with van der Waals surface area (Å²) in [6, 6.07) is 20.9. The van der Waals surface area contributed by atoms with Crippen LogP contribution >= 0.6 is 11.3 Å². The number of thiol groups is 1. The molecule has 2 N–H and O–H groups in total. The van der Waals surface area contributed by atoms with Crippen LogP contribution in [0.2, 0.25) is 0 Å². The minimum Gasteiger partial charge on any atom is -0.338 e. The fourth-order valence-electron chi connectivity index (χ4n) is 4.55. The maximum absolute atomic E-state index is 13.5. The molecule has 4 nitrogen and oxygen atoms in total. The normalized spacial score (nSPS) is 15.5. The van der Waals surface area contributed by atoms with Crippen LogP contribution in [0, 0.1) is 0 Å². The van der Waals surface area contributed by atoms with E-state index in [1.807, 2.05) is 29.2 Å². The van der Waals surface area contributed by atoms with E-state index in [4.69, 9.17) is 5.73 Å². The zero-order chi connectivity index (χ0) is 23.4. The molecule has 0 saturated carbocycles. The number of hydrogen-bond acceptors (Lipinski definition) is 4. The molecule has 1 amide bonds. The van der Waals surface area contributed by atoms with Crippen molar-refractivity contribution >= 4 is 27.2 Å². The summed E-state index contributed by atoms with van der Waals surface area (Å²) >= 11 is 1.53. The molecule has 2 aromatic carbocycles. The molecule has 3 aromatic rings. The number of aryl methyl sites for hydroxylation is 2. The van der Waals surface area contributed by atoms with Gasteiger partial charge in [-0.1, -0.05) is 64.5 Å². The molecular weight excluding hydrogens is 448 g/mol. The molecule has 2 heterocycles. The van der Waals surface area contributed by atoms with Gasteiger partial charge in [0.05, 0.1) is 0 Å². The second-order valence-corrected chi connectivity index (χ2v) is 13.6. The number of carbonyl (C=O) groups excluding carboxylic acids is 1. The van der Waals surface area contributed by atoms with Gasteiger partial charge in [0.1, 0.15) is 4.88 Å². The molecule has 0 spiro atoms. The first-order valence-corrected chi connectivity index (χ1v) is 15.1. The Morgan fingerprint density at radius 3 is 2.36 bits per heavy atom. The SMILES string of the molecule is C[SH](C)(=O)c1cc(CCc2ccccc2)sc1C(=O)N1CCC(c2cccc(CN)c2)CC1. The zero-order valence-corrected chi connectivity index (χ0v) is 21.2. The number of nitrogens with two attached hydrogens (primary N) is 1. The highest BCUT2D eigenvalue weighted by Crippen LogP contribution is 2.34. The van der Waals surface area contributed by atoms with Crippen molar-refractivity contribution in [1.82, 2.24) is 4.90 Å². The van der Waals surface area contributed by atoms with Gasteiger partial charge in [-0.15, -0.1) is 11.3 Å². The summed E-state index contributed by atoms with van der Waals surface area (Å²) in [5, 5.41) is 0. The Balaban J connectivity index is 1.47. The van der Waals surface area contributed by atoms with Crippen molar-refractivity contribution in [3.05, 3.63) is 87.1 Å². The topological polar surface area (TPSA) is 63.4 Å². The number of piperidine rings is 1. The lowest BCUT2D eigenvalue weighted by atomic mass is 9.88. The summed E-state index contributed by atoms with van der Waals surface area (Å²) in [7, 11) is -2.55. The first kappa shape index (κ1) is 23.9. The molecular formula is C27H34N2O2S2. The molecule has 1 aromatic heterocycles. The van der Waals surface area contributed by atoms with E-state index in [-0.39, 0.29) is 5.91 Å². The average Bonchev–Trinajstić information content (AvgIpc) is 3.28. The summed E-state index contributed by atoms with van der Waals surface area (Å²) in [5.74, 6) is 0.493. The molecule has 0 bridgehead atoms. The van der Waals surface area contributed by atoms with Crippen LogP contribution in [0.15, 0.2) is 65.6 Å². The fraction of sp³-hybridized carbons (Fsp3) is 0.370. The van der Waals surface area contributed by atoms with E-state index in [9.17, 15) is 9.00 Å². The third-order valence-corrected chi connectivity index (χ3v) is 9.33. The Hall–Kier alpha value is -2.28. The van der Waals surface area contributed by atoms with Crippen molar-refractivity contribution in [3.8, 4) is 0 Å². The Bertz CT molecular complexity index is 1140. The third-order valence-electron chi connectivity index (χ3n) is 6.48. The minimum atomic E-state index is -2.55. The number of benzene rings is 2. The van der Waals surface area contributed by atoms with Gasteiger partial charge in [0.25, 0.3) is 5.91 Å². The van der Waals surface area contributed by atoms with Crippen LogP contribution < -0.4 is 5.73 Å². The molecule has 1 fully saturated rings. The molecule has 176 valence electrons. The predicted octanol–water partition coefficient (Wildman–Crippen LogP) is 4.65. The lowest BCUT2D eigenvalue weighted by Crippen LogP contribution is -2.38. The van der Waals surface area contributed by atoms with Crippen molar-refractivity contribution in [2.75, 3.05) is 25.6 Å². The fourth-order valence-corrected chi connectivity index (χ4v) is 7.51. The number of thiophene rings is 1. The molecule has 0 aliphatic carbocycles. The largest absolute Gasteiger partial charge is 0.338 e. The summed E-state index contributed by atoms with van der Waals surface area (Å²) in [6.07, 6.45) is 7.19. The van der Waals surface area contributed by atoms with E-state index < -0.39 is 9.93 Å². The third kappa shape index (κ3) is 5.81. The van der Waals surface area contributed by atoms with E-state index in [2.05, 4.69) is 36.4 Å². The number of rotatable bonds is 7. The van der Waals surface area contributed by atoms with Gasteiger partial charge >= 0.3 is 0 Å². The van der Waals surface area contributed by atoms with E-state index in [1.54, 1.807) is 12.5 Å². The molecule has 0 radical (unpaired) electrons. The Labute approximate surface area is 202 Å². The van der Waals surface area contributed by atoms with E-state index >= 15 is 0 Å². The van der Waals surface area contributed by atoms with E-state index in [0.717, 1.165) is 54.1 Å². The molecule has 33 heavy (non-hydrogen) atoms. The summed E-state index contributed by atoms with van der Waals surface area (Å²) in [4.78, 5) is 18.0. The molecule has 1 saturated heterocycles. The summed E-state index contributed by atoms with van der Waals surface area (Å²) in [6.45, 7) is 2.00. The molecule has 0 unspecified atom stereocenters. The number of amides is 1. The molecule has 6 heteroatoms. The van der Waals surface area contributed by atoms with Crippen LogP contribution in [0.4, 0.5) is 0 Å². The molecule has 1 aliphatic heterocycles. The van der Waals surface area contributed by atoms with Gasteiger partial charge in [0.2, 0.25) is 0 Å². The monoisotopic (exact) mass is 482 g/mol. The second kappa shape index (κ2) is 10.3. The molecule has 4 rings (SSSR count). The lowest BCUT2D eigenvalue weighted by Gasteiger charge is -2.32. The number of hydrogen-bond donors (Lipinski definition) is 2. The number of carbonyl (C=O) groups is 1. The number of likely N-dealkylation sites (tertiary alicyclic amines) is 1. The van der Waals surface area contributed by atoms with Crippen molar-refractivity contribution < 1.29 is 9.00 Å². The van der Waals surface area contributed by atoms with E-state index in [1.165, 1.54) is 22.5 Å². The van der Waals surface area contributed by atoms with Crippen LogP contribution in [-0.4, -0.2) is 40.6 Å². The van der Waals surface area contributed by atoms with Crippen LogP contribution in [0.3, 0.4) is 0 Å². The maximum Gasteiger partial charge on any atom is 0.265 e. The summed E-state index contributed by atoms with van der Waals surface area (Å²) < 4.78 is 13.0. The van der Waals surface area contributed by atoms with Crippen molar-refractivity contribution in [2.24, 2.45) is 5.73 Å². The van der Waals surface area contributed by atoms with Gasteiger partial charge in [-0.05, 0) is 66.9 Å². The second-order valence-electron chi connectivity index (χ2n) is 9.28. The highest BCUT2D eigenvalue weighted by molar-refractivity contribution is 8.02. The molecule has 0 atom stereocenters. The van der Waals surface area contributed by atoms with Crippen LogP contribution in [0.1, 0.15) is 50.0 Å². The van der Waals surface area contributed by atoms with Crippen LogP contribution in [0.25, 0.3) is 0 Å². The maximum atomic E-state index is 13.5. The average molecular weight is 483 g/mol. The summed E-state index contributed by atoms with van der Waals surface area (Å²) in [5.41, 5.74) is 9.55. The first-order valence-electron chi connectivity index (χ1n) is 11.7. The smallest absolute Gasteiger partial charge is 0.265 e. The van der Waals surface area contributed by atoms with Gasteiger partial charge in [0.15, 0.2) is 0 Å². The van der Waals surface area contributed by atoms with Crippen LogP contribution in [0.5, 0.6) is 0 Å². The Kier molecular flexibility index (Phi) is 7.47. The minimum absolute atomic E-state index is 0.0408. The van der Waals surface area contributed by atoms with Crippen molar-refractivity contribution in [3.63, 3.8) is 0 Å². The van der Waals surface area contributed by atoms with Gasteiger partial charge in [-0.3, -0.25) is 9.00 Å². The van der Waals surface area contributed by atoms with Gasteiger partial charge < -0.3 is 10.6 Å². The molecule has 1 aliphatic rings. The predicted molar refractivity (Wildman–Crippen MR) is 140 cm³/mol. The van der Waals surface area contributed by atoms with Gasteiger partial charge in [-0.25, -0.2) is 0 Å². The highest BCUT2D eigenvalue weighted by Gasteiger charge is 2.29. The Morgan fingerprint density at radius 2 is 1.70 bits per heavy atom. The Morgan fingerprint density at radius 1 is 1.00 bits per heavy atom. The quantitative estimate of drug-likeness (QED) is 0.482. The lowest BCUT2D eigenvalue weighted by molar-refractivity contribution is 0.0714. The highest BCUT2D eigenvalue weighted by atomic mass is 32.2. The van der Waals surface area contributed by atoms with Gasteiger partial charge in [0, 0.05) is 29.4 Å². The van der Waals surface area contributed by atoms with Crippen LogP contribution in [-0.2, 0) is 29.3 Å². The van der Waals surface area contributed by atoms with Gasteiger partial charge in [-0.2, -0.15) is 0 Å².